The number of carbonyl (C=O) groups excluding carboxylic acids is 1. The number of hydrogen-bond acceptors (Lipinski definition) is 4. The minimum atomic E-state index is 0.0888. The molecular weight excluding hydrogens is 184 g/mol. The number of nitrogens with zero attached hydrogens (tertiary/aromatic N) is 1. The summed E-state index contributed by atoms with van der Waals surface area (Å²) < 4.78 is 0. The lowest BCUT2D eigenvalue weighted by atomic mass is 10.2. The molecule has 0 aliphatic heterocycles. The average Bonchev–Trinajstić information content (AvgIpc) is 2.29. The fraction of sp³-hybridized carbons (Fsp3) is 0.556. The molecule has 1 aromatic rings. The van der Waals surface area contributed by atoms with E-state index in [4.69, 9.17) is 5.73 Å². The lowest BCUT2D eigenvalue weighted by molar-refractivity contribution is 0.102. The van der Waals surface area contributed by atoms with Gasteiger partial charge in [-0.3, -0.25) is 4.79 Å². The molecule has 0 bridgehead atoms. The second kappa shape index (κ2) is 3.98. The van der Waals surface area contributed by atoms with Gasteiger partial charge in [0, 0.05) is 19.4 Å². The van der Waals surface area contributed by atoms with Crippen molar-refractivity contribution in [3.8, 4) is 0 Å². The highest BCUT2D eigenvalue weighted by Crippen LogP contribution is 2.19. The monoisotopic (exact) mass is 198 g/mol. The lowest BCUT2D eigenvalue weighted by Crippen LogP contribution is -2.17. The normalized spacial score (nSPS) is 12.9. The largest absolute Gasteiger partial charge is 0.328 e. The van der Waals surface area contributed by atoms with Gasteiger partial charge in [-0.2, -0.15) is 0 Å². The zero-order valence-electron chi connectivity index (χ0n) is 8.13. The average molecular weight is 198 g/mol. The van der Waals surface area contributed by atoms with Gasteiger partial charge in [-0.1, -0.05) is 0 Å². The van der Waals surface area contributed by atoms with Crippen molar-refractivity contribution in [2.45, 2.75) is 33.2 Å². The molecule has 1 aromatic heterocycles. The molecule has 1 atom stereocenters. The van der Waals surface area contributed by atoms with Gasteiger partial charge in [0.15, 0.2) is 5.78 Å². The first-order valence-corrected chi connectivity index (χ1v) is 5.05. The molecule has 2 N–H and O–H groups in total. The van der Waals surface area contributed by atoms with E-state index >= 15 is 0 Å². The van der Waals surface area contributed by atoms with Crippen LogP contribution in [0.5, 0.6) is 0 Å². The Bertz CT molecular complexity index is 317. The minimum absolute atomic E-state index is 0.0888. The number of ketones is 1. The van der Waals surface area contributed by atoms with Gasteiger partial charge < -0.3 is 5.73 Å². The summed E-state index contributed by atoms with van der Waals surface area (Å²) in [5, 5.41) is 0.956. The first-order chi connectivity index (χ1) is 6.00. The second-order valence-corrected chi connectivity index (χ2v) is 4.34. The maximum atomic E-state index is 11.1. The van der Waals surface area contributed by atoms with Crippen molar-refractivity contribution in [1.29, 1.82) is 0 Å². The van der Waals surface area contributed by atoms with Crippen molar-refractivity contribution in [3.05, 3.63) is 15.6 Å². The van der Waals surface area contributed by atoms with Crippen molar-refractivity contribution in [3.63, 3.8) is 0 Å². The molecule has 0 spiro atoms. The maximum Gasteiger partial charge on any atom is 0.171 e. The quantitative estimate of drug-likeness (QED) is 0.750. The predicted molar refractivity (Wildman–Crippen MR) is 54.2 cm³/mol. The molecule has 1 heterocycles. The summed E-state index contributed by atoms with van der Waals surface area (Å²) in [7, 11) is 0. The van der Waals surface area contributed by atoms with Crippen LogP contribution < -0.4 is 5.73 Å². The van der Waals surface area contributed by atoms with Crippen LogP contribution in [0, 0.1) is 6.92 Å². The van der Waals surface area contributed by atoms with Gasteiger partial charge in [-0.05, 0) is 13.8 Å². The van der Waals surface area contributed by atoms with Gasteiger partial charge in [-0.15, -0.1) is 11.3 Å². The van der Waals surface area contributed by atoms with Crippen molar-refractivity contribution in [2.24, 2.45) is 5.73 Å². The van der Waals surface area contributed by atoms with Gasteiger partial charge in [0.2, 0.25) is 0 Å². The summed E-state index contributed by atoms with van der Waals surface area (Å²) >= 11 is 1.46. The Kier molecular flexibility index (Phi) is 3.17. The number of carbonyl (C=O) groups is 1. The summed E-state index contributed by atoms with van der Waals surface area (Å²) in [6.07, 6.45) is 0.749. The Labute approximate surface area is 82.0 Å². The van der Waals surface area contributed by atoms with Crippen LogP contribution in [-0.2, 0) is 6.42 Å². The third-order valence-electron chi connectivity index (χ3n) is 1.66. The zero-order valence-corrected chi connectivity index (χ0v) is 8.94. The molecular formula is C9H14N2OS. The maximum absolute atomic E-state index is 11.1. The van der Waals surface area contributed by atoms with E-state index in [0.717, 1.165) is 22.0 Å². The van der Waals surface area contributed by atoms with Crippen molar-refractivity contribution >= 4 is 17.1 Å². The molecule has 0 fully saturated rings. The number of aryl methyl sites for hydroxylation is 1. The van der Waals surface area contributed by atoms with Crippen LogP contribution in [0.25, 0.3) is 0 Å². The van der Waals surface area contributed by atoms with Crippen molar-refractivity contribution in [1.82, 2.24) is 4.98 Å². The fourth-order valence-electron chi connectivity index (χ4n) is 1.14. The summed E-state index contributed by atoms with van der Waals surface area (Å²) in [6, 6.07) is 0.102. The van der Waals surface area contributed by atoms with Gasteiger partial charge in [-0.25, -0.2) is 4.98 Å². The molecule has 0 aromatic carbocycles. The van der Waals surface area contributed by atoms with E-state index in [1.807, 2.05) is 13.8 Å². The van der Waals surface area contributed by atoms with Crippen molar-refractivity contribution in [2.75, 3.05) is 0 Å². The molecule has 0 radical (unpaired) electrons. The van der Waals surface area contributed by atoms with E-state index in [2.05, 4.69) is 4.98 Å². The molecule has 1 unspecified atom stereocenters. The number of thiazole rings is 1. The molecule has 0 saturated heterocycles. The van der Waals surface area contributed by atoms with Gasteiger partial charge in [0.1, 0.15) is 0 Å². The van der Waals surface area contributed by atoms with E-state index in [0.29, 0.717) is 0 Å². The van der Waals surface area contributed by atoms with Crippen LogP contribution in [0.2, 0.25) is 0 Å². The summed E-state index contributed by atoms with van der Waals surface area (Å²) in [5.74, 6) is 0.0888. The molecule has 13 heavy (non-hydrogen) atoms. The first-order valence-electron chi connectivity index (χ1n) is 4.23. The Hall–Kier alpha value is -0.740. The number of rotatable bonds is 3. The highest BCUT2D eigenvalue weighted by Gasteiger charge is 2.11. The van der Waals surface area contributed by atoms with Gasteiger partial charge in [0.05, 0.1) is 15.6 Å². The highest BCUT2D eigenvalue weighted by molar-refractivity contribution is 7.13. The highest BCUT2D eigenvalue weighted by atomic mass is 32.1. The molecule has 0 amide bonds. The van der Waals surface area contributed by atoms with Gasteiger partial charge in [0.25, 0.3) is 0 Å². The number of hydrogen-bond donors (Lipinski definition) is 1. The van der Waals surface area contributed by atoms with Crippen LogP contribution in [0.15, 0.2) is 0 Å². The standard InChI is InChI=1S/C9H14N2OS/c1-5(10)4-8-11-6(2)9(13-8)7(3)12/h5H,4,10H2,1-3H3. The van der Waals surface area contributed by atoms with E-state index < -0.39 is 0 Å². The SMILES string of the molecule is CC(=O)c1sc(CC(C)N)nc1C. The molecule has 3 nitrogen and oxygen atoms in total. The first kappa shape index (κ1) is 10.3. The Morgan fingerprint density at radius 1 is 1.69 bits per heavy atom. The topological polar surface area (TPSA) is 56.0 Å². The van der Waals surface area contributed by atoms with E-state index in [1.165, 1.54) is 11.3 Å². The third kappa shape index (κ3) is 2.60. The van der Waals surface area contributed by atoms with Crippen LogP contribution in [-0.4, -0.2) is 16.8 Å². The summed E-state index contributed by atoms with van der Waals surface area (Å²) in [4.78, 5) is 16.2. The van der Waals surface area contributed by atoms with Crippen molar-refractivity contribution < 1.29 is 4.79 Å². The van der Waals surface area contributed by atoms with E-state index in [-0.39, 0.29) is 11.8 Å². The van der Waals surface area contributed by atoms with Crippen LogP contribution in [0.1, 0.15) is 34.2 Å². The van der Waals surface area contributed by atoms with Crippen LogP contribution in [0.4, 0.5) is 0 Å². The summed E-state index contributed by atoms with van der Waals surface area (Å²) in [6.45, 7) is 5.36. The smallest absolute Gasteiger partial charge is 0.171 e. The lowest BCUT2D eigenvalue weighted by Gasteiger charge is -1.98. The van der Waals surface area contributed by atoms with E-state index in [1.54, 1.807) is 6.92 Å². The molecule has 72 valence electrons. The third-order valence-corrected chi connectivity index (χ3v) is 2.94. The minimum Gasteiger partial charge on any atom is -0.328 e. The molecule has 4 heteroatoms. The fourth-order valence-corrected chi connectivity index (χ4v) is 2.24. The Morgan fingerprint density at radius 3 is 2.69 bits per heavy atom. The molecule has 0 aliphatic carbocycles. The Balaban J connectivity index is 2.89. The molecule has 1 rings (SSSR count). The number of nitrogens with two attached hydrogens (primary N) is 1. The van der Waals surface area contributed by atoms with Gasteiger partial charge >= 0.3 is 0 Å². The van der Waals surface area contributed by atoms with Crippen LogP contribution >= 0.6 is 11.3 Å². The summed E-state index contributed by atoms with van der Waals surface area (Å²) in [5.41, 5.74) is 6.47. The number of Topliss-reactive ketones (excluding diaryl/α,β-unsaturated/α-hetero) is 1. The second-order valence-electron chi connectivity index (χ2n) is 3.26. The van der Waals surface area contributed by atoms with Crippen LogP contribution in [0.3, 0.4) is 0 Å². The molecule has 0 saturated carbocycles. The Morgan fingerprint density at radius 2 is 2.31 bits per heavy atom. The van der Waals surface area contributed by atoms with E-state index in [9.17, 15) is 4.79 Å². The number of aromatic nitrogens is 1. The molecule has 0 aliphatic rings. The zero-order chi connectivity index (χ0) is 10.0. The predicted octanol–water partition coefficient (Wildman–Crippen LogP) is 1.54.